The maximum absolute atomic E-state index is 13.6. The molecule has 0 radical (unpaired) electrons. The van der Waals surface area contributed by atoms with E-state index < -0.39 is 5.41 Å². The number of hydrogen-bond donors (Lipinski definition) is 1. The van der Waals surface area contributed by atoms with Gasteiger partial charge in [-0.15, -0.1) is 0 Å². The zero-order chi connectivity index (χ0) is 20.4. The van der Waals surface area contributed by atoms with E-state index in [1.807, 2.05) is 62.4 Å². The predicted molar refractivity (Wildman–Crippen MR) is 118 cm³/mol. The molecule has 1 fully saturated rings. The van der Waals surface area contributed by atoms with Crippen molar-refractivity contribution in [1.29, 1.82) is 0 Å². The number of ether oxygens (including phenoxy) is 1. The van der Waals surface area contributed by atoms with Gasteiger partial charge in [0, 0.05) is 16.6 Å². The predicted octanol–water partition coefficient (Wildman–Crippen LogP) is 6.13. The molecule has 150 valence electrons. The molecule has 0 atom stereocenters. The van der Waals surface area contributed by atoms with Crippen LogP contribution in [0.4, 0.5) is 5.69 Å². The lowest BCUT2D eigenvalue weighted by Crippen LogP contribution is -2.38. The molecular weight excluding hydrogens is 384 g/mol. The molecule has 29 heavy (non-hydrogen) atoms. The second kappa shape index (κ2) is 8.03. The summed E-state index contributed by atoms with van der Waals surface area (Å²) in [6.07, 6.45) is 5.41. The first kappa shape index (κ1) is 19.7. The van der Waals surface area contributed by atoms with Crippen molar-refractivity contribution in [2.24, 2.45) is 0 Å². The van der Waals surface area contributed by atoms with E-state index in [0.29, 0.717) is 5.02 Å². The van der Waals surface area contributed by atoms with E-state index in [0.717, 1.165) is 53.6 Å². The third-order valence-corrected chi connectivity index (χ3v) is 5.95. The minimum atomic E-state index is -0.597. The molecule has 2 aromatic carbocycles. The Bertz CT molecular complexity index is 1040. The maximum Gasteiger partial charge on any atom is 0.235 e. The zero-order valence-electron chi connectivity index (χ0n) is 16.7. The van der Waals surface area contributed by atoms with Gasteiger partial charge in [-0.3, -0.25) is 9.78 Å². The molecule has 1 saturated carbocycles. The van der Waals surface area contributed by atoms with E-state index >= 15 is 0 Å². The highest BCUT2D eigenvalue weighted by molar-refractivity contribution is 6.32. The summed E-state index contributed by atoms with van der Waals surface area (Å²) in [4.78, 5) is 18.1. The van der Waals surface area contributed by atoms with Crippen molar-refractivity contribution in [3.8, 4) is 5.75 Å². The quantitative estimate of drug-likeness (QED) is 0.552. The molecule has 1 amide bonds. The van der Waals surface area contributed by atoms with Crippen molar-refractivity contribution in [3.05, 3.63) is 65.3 Å². The lowest BCUT2D eigenvalue weighted by molar-refractivity contribution is -0.121. The van der Waals surface area contributed by atoms with Gasteiger partial charge in [-0.25, -0.2) is 0 Å². The highest BCUT2D eigenvalue weighted by Gasteiger charge is 2.44. The van der Waals surface area contributed by atoms with Crippen molar-refractivity contribution >= 4 is 34.1 Å². The third-order valence-electron chi connectivity index (χ3n) is 5.62. The van der Waals surface area contributed by atoms with E-state index in [1.165, 1.54) is 0 Å². The molecule has 1 aromatic heterocycles. The van der Waals surface area contributed by atoms with Crippen molar-refractivity contribution in [1.82, 2.24) is 4.98 Å². The van der Waals surface area contributed by atoms with Crippen LogP contribution in [0.1, 0.15) is 45.1 Å². The summed E-state index contributed by atoms with van der Waals surface area (Å²) in [5, 5.41) is 4.70. The van der Waals surface area contributed by atoms with Gasteiger partial charge in [0.25, 0.3) is 0 Å². The van der Waals surface area contributed by atoms with Gasteiger partial charge in [0.05, 0.1) is 17.2 Å². The van der Waals surface area contributed by atoms with E-state index in [-0.39, 0.29) is 12.0 Å². The molecule has 0 unspecified atom stereocenters. The van der Waals surface area contributed by atoms with Gasteiger partial charge in [0.2, 0.25) is 5.91 Å². The molecular formula is C24H25ClN2O2. The van der Waals surface area contributed by atoms with Crippen molar-refractivity contribution in [3.63, 3.8) is 0 Å². The zero-order valence-corrected chi connectivity index (χ0v) is 17.5. The minimum absolute atomic E-state index is 0.00854. The number of rotatable bonds is 5. The molecule has 0 aliphatic heterocycles. The number of nitrogens with zero attached hydrogens (tertiary/aromatic N) is 1. The average molecular weight is 409 g/mol. The Morgan fingerprint density at radius 1 is 1.10 bits per heavy atom. The van der Waals surface area contributed by atoms with Gasteiger partial charge in [0.1, 0.15) is 11.3 Å². The summed E-state index contributed by atoms with van der Waals surface area (Å²) in [7, 11) is 0. The Balaban J connectivity index is 1.73. The Kier molecular flexibility index (Phi) is 5.46. The summed E-state index contributed by atoms with van der Waals surface area (Å²) >= 11 is 6.50. The van der Waals surface area contributed by atoms with Crippen LogP contribution in [0.25, 0.3) is 10.9 Å². The topological polar surface area (TPSA) is 51.2 Å². The van der Waals surface area contributed by atoms with Gasteiger partial charge in [-0.05, 0) is 62.6 Å². The smallest absolute Gasteiger partial charge is 0.235 e. The normalized spacial score (nSPS) is 15.6. The van der Waals surface area contributed by atoms with Crippen molar-refractivity contribution < 1.29 is 9.53 Å². The first-order chi connectivity index (χ1) is 14.0. The Morgan fingerprint density at radius 2 is 1.86 bits per heavy atom. The SMILES string of the molecule is CC(C)Oc1ccc(NC(=O)C2(c3ccccc3Cl)CCCC2)c2cccnc12. The number of aromatic nitrogens is 1. The largest absolute Gasteiger partial charge is 0.489 e. The number of halogens is 1. The van der Waals surface area contributed by atoms with Gasteiger partial charge in [0.15, 0.2) is 0 Å². The van der Waals surface area contributed by atoms with Crippen LogP contribution in [0.3, 0.4) is 0 Å². The van der Waals surface area contributed by atoms with E-state index in [4.69, 9.17) is 16.3 Å². The number of anilines is 1. The Morgan fingerprint density at radius 3 is 2.59 bits per heavy atom. The number of carbonyl (C=O) groups excluding carboxylic acids is 1. The molecule has 0 saturated heterocycles. The molecule has 5 heteroatoms. The number of hydrogen-bond acceptors (Lipinski definition) is 3. The molecule has 4 rings (SSSR count). The summed E-state index contributed by atoms with van der Waals surface area (Å²) in [6.45, 7) is 3.97. The van der Waals surface area contributed by atoms with E-state index in [9.17, 15) is 4.79 Å². The highest BCUT2D eigenvalue weighted by atomic mass is 35.5. The fourth-order valence-corrected chi connectivity index (χ4v) is 4.61. The van der Waals surface area contributed by atoms with Gasteiger partial charge in [-0.2, -0.15) is 0 Å². The first-order valence-corrected chi connectivity index (χ1v) is 10.5. The minimum Gasteiger partial charge on any atom is -0.489 e. The molecule has 3 aromatic rings. The number of amides is 1. The van der Waals surface area contributed by atoms with Gasteiger partial charge < -0.3 is 10.1 Å². The van der Waals surface area contributed by atoms with Crippen LogP contribution in [-0.2, 0) is 10.2 Å². The summed E-state index contributed by atoms with van der Waals surface area (Å²) in [5.74, 6) is 0.709. The molecule has 0 spiro atoms. The number of carbonyl (C=O) groups is 1. The van der Waals surface area contributed by atoms with E-state index in [1.54, 1.807) is 6.20 Å². The summed E-state index contributed by atoms with van der Waals surface area (Å²) in [6, 6.07) is 15.3. The second-order valence-electron chi connectivity index (χ2n) is 7.90. The Labute approximate surface area is 176 Å². The monoisotopic (exact) mass is 408 g/mol. The van der Waals surface area contributed by atoms with Crippen LogP contribution in [0, 0.1) is 0 Å². The third kappa shape index (κ3) is 3.69. The number of fused-ring (bicyclic) bond motifs is 1. The Hall–Kier alpha value is -2.59. The van der Waals surface area contributed by atoms with Crippen molar-refractivity contribution in [2.45, 2.75) is 51.0 Å². The van der Waals surface area contributed by atoms with Gasteiger partial charge in [-0.1, -0.05) is 42.6 Å². The van der Waals surface area contributed by atoms with Crippen molar-refractivity contribution in [2.75, 3.05) is 5.32 Å². The summed E-state index contributed by atoms with van der Waals surface area (Å²) in [5.41, 5.74) is 1.81. The molecule has 1 heterocycles. The lowest BCUT2D eigenvalue weighted by Gasteiger charge is -2.29. The van der Waals surface area contributed by atoms with Crippen LogP contribution >= 0.6 is 11.6 Å². The maximum atomic E-state index is 13.6. The van der Waals surface area contributed by atoms with Crippen LogP contribution < -0.4 is 10.1 Å². The number of benzene rings is 2. The molecule has 0 bridgehead atoms. The first-order valence-electron chi connectivity index (χ1n) is 10.1. The highest BCUT2D eigenvalue weighted by Crippen LogP contribution is 2.45. The molecule has 4 nitrogen and oxygen atoms in total. The fourth-order valence-electron chi connectivity index (χ4n) is 4.29. The van der Waals surface area contributed by atoms with Crippen LogP contribution in [0.15, 0.2) is 54.7 Å². The van der Waals surface area contributed by atoms with Crippen LogP contribution in [-0.4, -0.2) is 17.0 Å². The molecule has 1 aliphatic rings. The second-order valence-corrected chi connectivity index (χ2v) is 8.31. The van der Waals surface area contributed by atoms with E-state index in [2.05, 4.69) is 10.3 Å². The van der Waals surface area contributed by atoms with Gasteiger partial charge >= 0.3 is 0 Å². The summed E-state index contributed by atoms with van der Waals surface area (Å²) < 4.78 is 5.90. The fraction of sp³-hybridized carbons (Fsp3) is 0.333. The molecule has 1 aliphatic carbocycles. The lowest BCUT2D eigenvalue weighted by atomic mass is 9.78. The van der Waals surface area contributed by atoms with Crippen LogP contribution in [0.2, 0.25) is 5.02 Å². The standard InChI is InChI=1S/C24H25ClN2O2/c1-16(2)29-21-12-11-20(17-8-7-15-26-22(17)21)27-23(28)24(13-5-6-14-24)18-9-3-4-10-19(18)25/h3-4,7-12,15-16H,5-6,13-14H2,1-2H3,(H,27,28). The number of pyridine rings is 1. The number of nitrogens with one attached hydrogen (secondary N) is 1. The van der Waals surface area contributed by atoms with Crippen LogP contribution in [0.5, 0.6) is 5.75 Å². The average Bonchev–Trinajstić information content (AvgIpc) is 3.21. The molecule has 1 N–H and O–H groups in total.